The molecule has 8 nitrogen and oxygen atoms in total. The zero-order chi connectivity index (χ0) is 16.0. The third kappa shape index (κ3) is 2.24. The Morgan fingerprint density at radius 2 is 2.05 bits per heavy atom. The van der Waals surface area contributed by atoms with Crippen LogP contribution < -0.4 is 5.56 Å². The second-order valence-corrected chi connectivity index (χ2v) is 5.80. The Balaban J connectivity index is 2.31. The number of H-pyrrole nitrogens is 1. The number of nitrogens with one attached hydrogen (secondary N) is 1. The van der Waals surface area contributed by atoms with Gasteiger partial charge in [-0.15, -0.1) is 0 Å². The van der Waals surface area contributed by atoms with Gasteiger partial charge in [0.05, 0.1) is 5.69 Å². The first kappa shape index (κ1) is 14.5. The minimum absolute atomic E-state index is 0.0336. The summed E-state index contributed by atoms with van der Waals surface area (Å²) in [6.07, 6.45) is 1.26. The Labute approximate surface area is 127 Å². The Hall–Kier alpha value is -2.39. The summed E-state index contributed by atoms with van der Waals surface area (Å²) >= 11 is -2.40. The van der Waals surface area contributed by atoms with E-state index in [9.17, 15) is 13.6 Å². The van der Waals surface area contributed by atoms with Crippen LogP contribution in [-0.4, -0.2) is 33.5 Å². The van der Waals surface area contributed by atoms with Crippen LogP contribution in [0.5, 0.6) is 0 Å². The number of fused-ring (bicyclic) bond motifs is 1. The van der Waals surface area contributed by atoms with Gasteiger partial charge in [0.25, 0.3) is 5.56 Å². The zero-order valence-electron chi connectivity index (χ0n) is 12.1. The molecule has 3 rings (SSSR count). The molecule has 114 valence electrons. The number of pyridine rings is 1. The van der Waals surface area contributed by atoms with Crippen LogP contribution in [0.25, 0.3) is 22.4 Å². The van der Waals surface area contributed by atoms with E-state index in [4.69, 9.17) is 0 Å². The van der Waals surface area contributed by atoms with Crippen molar-refractivity contribution in [3.8, 4) is 11.4 Å². The van der Waals surface area contributed by atoms with Crippen LogP contribution in [0.1, 0.15) is 11.4 Å². The highest BCUT2D eigenvalue weighted by Gasteiger charge is 2.15. The fourth-order valence-electron chi connectivity index (χ4n) is 2.31. The van der Waals surface area contributed by atoms with Crippen LogP contribution in [0.15, 0.2) is 22.0 Å². The summed E-state index contributed by atoms with van der Waals surface area (Å²) in [6.45, 7) is 3.47. The minimum Gasteiger partial charge on any atom is -0.768 e. The van der Waals surface area contributed by atoms with Gasteiger partial charge in [-0.05, 0) is 31.0 Å². The number of aromatic amines is 1. The smallest absolute Gasteiger partial charge is 0.277 e. The summed E-state index contributed by atoms with van der Waals surface area (Å²) in [5, 5.41) is 4.17. The fraction of sp³-hybridized carbons (Fsp3) is 0.231. The van der Waals surface area contributed by atoms with Crippen LogP contribution >= 0.6 is 0 Å². The molecular formula is C13H12N5O3S-. The van der Waals surface area contributed by atoms with Gasteiger partial charge in [-0.2, -0.15) is 5.10 Å². The van der Waals surface area contributed by atoms with Crippen molar-refractivity contribution in [2.24, 2.45) is 7.05 Å². The molecule has 0 spiro atoms. The maximum absolute atomic E-state index is 12.2. The minimum atomic E-state index is -2.40. The lowest BCUT2D eigenvalue weighted by molar-refractivity contribution is 0.536. The average molecular weight is 318 g/mol. The Morgan fingerprint density at radius 1 is 1.32 bits per heavy atom. The molecular weight excluding hydrogens is 306 g/mol. The predicted octanol–water partition coefficient (Wildman–Crippen LogP) is 0.573. The van der Waals surface area contributed by atoms with Gasteiger partial charge >= 0.3 is 0 Å². The quantitative estimate of drug-likeness (QED) is 0.691. The van der Waals surface area contributed by atoms with E-state index in [1.165, 1.54) is 16.9 Å². The molecule has 0 aliphatic rings. The molecule has 1 atom stereocenters. The number of hydrogen-bond acceptors (Lipinski definition) is 6. The highest BCUT2D eigenvalue weighted by atomic mass is 32.2. The largest absolute Gasteiger partial charge is 0.768 e. The van der Waals surface area contributed by atoms with E-state index in [-0.39, 0.29) is 16.3 Å². The molecule has 0 aliphatic carbocycles. The number of aromatic nitrogens is 5. The van der Waals surface area contributed by atoms with Crippen molar-refractivity contribution in [3.63, 3.8) is 0 Å². The molecule has 9 heteroatoms. The van der Waals surface area contributed by atoms with E-state index in [0.717, 1.165) is 0 Å². The lowest BCUT2D eigenvalue weighted by Crippen LogP contribution is -2.13. The van der Waals surface area contributed by atoms with E-state index >= 15 is 0 Å². The zero-order valence-corrected chi connectivity index (χ0v) is 12.9. The summed E-state index contributed by atoms with van der Waals surface area (Å²) < 4.78 is 23.6. The predicted molar refractivity (Wildman–Crippen MR) is 79.0 cm³/mol. The van der Waals surface area contributed by atoms with E-state index in [2.05, 4.69) is 20.1 Å². The molecule has 0 aromatic carbocycles. The first-order valence-corrected chi connectivity index (χ1v) is 7.46. The van der Waals surface area contributed by atoms with Gasteiger partial charge in [-0.1, -0.05) is 0 Å². The molecule has 0 amide bonds. The van der Waals surface area contributed by atoms with Crippen LogP contribution in [0.3, 0.4) is 0 Å². The van der Waals surface area contributed by atoms with Crippen molar-refractivity contribution in [1.82, 2.24) is 24.7 Å². The molecule has 1 N–H and O–H groups in total. The molecule has 3 aromatic heterocycles. The summed E-state index contributed by atoms with van der Waals surface area (Å²) in [5.41, 5.74) is 2.17. The number of hydrogen-bond donors (Lipinski definition) is 1. The van der Waals surface area contributed by atoms with Crippen molar-refractivity contribution in [2.75, 3.05) is 0 Å². The maximum Gasteiger partial charge on any atom is 0.277 e. The highest BCUT2D eigenvalue weighted by Crippen LogP contribution is 2.22. The van der Waals surface area contributed by atoms with E-state index in [1.54, 1.807) is 20.9 Å². The summed E-state index contributed by atoms with van der Waals surface area (Å²) in [5.74, 6) is 0.269. The van der Waals surface area contributed by atoms with Crippen molar-refractivity contribution in [3.05, 3.63) is 34.0 Å². The third-order valence-electron chi connectivity index (χ3n) is 3.37. The molecule has 0 radical (unpaired) electrons. The molecule has 0 fully saturated rings. The number of rotatable bonds is 2. The molecule has 1 unspecified atom stereocenters. The van der Waals surface area contributed by atoms with Gasteiger partial charge in [-0.25, -0.2) is 4.98 Å². The lowest BCUT2D eigenvalue weighted by atomic mass is 10.2. The van der Waals surface area contributed by atoms with E-state index < -0.39 is 11.1 Å². The summed E-state index contributed by atoms with van der Waals surface area (Å²) in [6, 6.07) is 1.43. The topological polar surface area (TPSA) is 117 Å². The molecule has 0 saturated carbocycles. The Kier molecular flexibility index (Phi) is 3.38. The van der Waals surface area contributed by atoms with Gasteiger partial charge in [0.15, 0.2) is 5.52 Å². The molecule has 0 bridgehead atoms. The molecule has 3 heterocycles. The maximum atomic E-state index is 12.2. The first-order valence-electron chi connectivity index (χ1n) is 6.38. The van der Waals surface area contributed by atoms with Crippen molar-refractivity contribution in [1.29, 1.82) is 0 Å². The highest BCUT2D eigenvalue weighted by molar-refractivity contribution is 7.79. The third-order valence-corrected chi connectivity index (χ3v) is 3.98. The van der Waals surface area contributed by atoms with Crippen molar-refractivity contribution >= 4 is 22.1 Å². The van der Waals surface area contributed by atoms with E-state index in [0.29, 0.717) is 28.0 Å². The monoisotopic (exact) mass is 318 g/mol. The normalized spacial score (nSPS) is 12.7. The molecule has 22 heavy (non-hydrogen) atoms. The van der Waals surface area contributed by atoms with Gasteiger partial charge in [0.1, 0.15) is 11.3 Å². The second kappa shape index (κ2) is 5.11. The lowest BCUT2D eigenvalue weighted by Gasteiger charge is -2.09. The van der Waals surface area contributed by atoms with Gasteiger partial charge in [-0.3, -0.25) is 18.7 Å². The molecule has 0 saturated heterocycles. The molecule has 3 aromatic rings. The van der Waals surface area contributed by atoms with Crippen LogP contribution in [0.2, 0.25) is 0 Å². The van der Waals surface area contributed by atoms with E-state index in [1.807, 2.05) is 0 Å². The standard InChI is InChI=1S/C13H13N5O3S/c1-6-9(4-8(5-14-6)22(20)21)12-15-10-7(2)17-18(3)11(10)13(19)16-12/h4-5H,1-3H3,(H,20,21)(H,15,16,19)/p-1. The summed E-state index contributed by atoms with van der Waals surface area (Å²) in [7, 11) is 1.67. The van der Waals surface area contributed by atoms with Gasteiger partial charge < -0.3 is 9.54 Å². The van der Waals surface area contributed by atoms with Crippen LogP contribution in [-0.2, 0) is 18.1 Å². The first-order chi connectivity index (χ1) is 10.4. The fourth-order valence-corrected chi connectivity index (χ4v) is 2.67. The molecule has 0 aliphatic heterocycles. The number of aryl methyl sites for hydroxylation is 3. The average Bonchev–Trinajstić information content (AvgIpc) is 2.74. The SMILES string of the molecule is Cc1ncc(S(=O)[O-])cc1-c1nc2c(C)nn(C)c2c(=O)[nH]1. The van der Waals surface area contributed by atoms with Crippen LogP contribution in [0, 0.1) is 13.8 Å². The van der Waals surface area contributed by atoms with Crippen molar-refractivity contribution < 1.29 is 8.76 Å². The second-order valence-electron chi connectivity index (χ2n) is 4.86. The number of nitrogens with zero attached hydrogens (tertiary/aromatic N) is 4. The Bertz CT molecular complexity index is 976. The van der Waals surface area contributed by atoms with Crippen LogP contribution in [0.4, 0.5) is 0 Å². The Morgan fingerprint density at radius 3 is 2.73 bits per heavy atom. The summed E-state index contributed by atoms with van der Waals surface area (Å²) in [4.78, 5) is 23.4. The van der Waals surface area contributed by atoms with Crippen molar-refractivity contribution in [2.45, 2.75) is 18.7 Å². The van der Waals surface area contributed by atoms with Gasteiger partial charge in [0, 0.05) is 29.4 Å². The van der Waals surface area contributed by atoms with Gasteiger partial charge in [0.2, 0.25) is 0 Å².